The van der Waals surface area contributed by atoms with Gasteiger partial charge in [-0.2, -0.15) is 30.1 Å². The van der Waals surface area contributed by atoms with Crippen LogP contribution in [0.5, 0.6) is 11.8 Å². The van der Waals surface area contributed by atoms with E-state index in [9.17, 15) is 17.6 Å². The fraction of sp³-hybridized carbons (Fsp3) is 0.550. The highest BCUT2D eigenvalue weighted by Crippen LogP contribution is 2.41. The molecule has 0 aromatic carbocycles. The van der Waals surface area contributed by atoms with Crippen molar-refractivity contribution in [2.45, 2.75) is 76.5 Å². The van der Waals surface area contributed by atoms with Crippen LogP contribution in [-0.4, -0.2) is 149 Å². The average Bonchev–Trinajstić information content (AvgIpc) is 4.01. The Morgan fingerprint density at radius 2 is 1.10 bits per heavy atom. The molecule has 22 heteroatoms. The summed E-state index contributed by atoms with van der Waals surface area (Å²) in [5.41, 5.74) is 3.61. The summed E-state index contributed by atoms with van der Waals surface area (Å²) in [4.78, 5) is 28.0. The molecule has 0 bridgehead atoms. The van der Waals surface area contributed by atoms with Gasteiger partial charge >= 0.3 is 0 Å². The van der Waals surface area contributed by atoms with Gasteiger partial charge in [0.05, 0.1) is 97.7 Å². The van der Waals surface area contributed by atoms with Gasteiger partial charge in [-0.15, -0.1) is 0 Å². The van der Waals surface area contributed by atoms with Crippen LogP contribution < -0.4 is 20.1 Å². The predicted molar refractivity (Wildman–Crippen MR) is 220 cm³/mol. The van der Waals surface area contributed by atoms with Crippen LogP contribution in [0.3, 0.4) is 0 Å². The zero-order valence-electron chi connectivity index (χ0n) is 34.9. The molecule has 4 aliphatic rings. The zero-order valence-corrected chi connectivity index (χ0v) is 34.9. The van der Waals surface area contributed by atoms with Crippen LogP contribution in [0.15, 0.2) is 36.9 Å². The van der Waals surface area contributed by atoms with E-state index in [1.165, 1.54) is 9.36 Å². The van der Waals surface area contributed by atoms with Crippen LogP contribution in [-0.2, 0) is 9.47 Å². The molecule has 4 saturated heterocycles. The van der Waals surface area contributed by atoms with Gasteiger partial charge in [0, 0.05) is 51.4 Å². The number of H-pyrrole nitrogens is 2. The molecule has 2 unspecified atom stereocenters. The van der Waals surface area contributed by atoms with Crippen molar-refractivity contribution >= 4 is 45.3 Å². The maximum atomic E-state index is 14.8. The molecular weight excluding hydrogens is 817 g/mol. The molecule has 0 radical (unpaired) electrons. The third-order valence-electron chi connectivity index (χ3n) is 12.0. The molecule has 4 fully saturated rings. The lowest BCUT2D eigenvalue weighted by atomic mass is 9.98. The Balaban J connectivity index is 0.000000158. The van der Waals surface area contributed by atoms with Crippen LogP contribution in [0, 0.1) is 13.8 Å². The van der Waals surface area contributed by atoms with Crippen LogP contribution in [0.4, 0.5) is 40.8 Å². The number of likely N-dealkylation sites (tertiary alicyclic amines) is 2. The molecule has 4 aliphatic heterocycles. The van der Waals surface area contributed by atoms with Crippen LogP contribution >= 0.6 is 0 Å². The number of aromatic nitrogens is 10. The SMILES string of the molecule is CCOc1nc(Nc2cnn(C3CN(C4COC4)CCC3(F)F)c2C)nc2[nH]ccc12.CCOc1nc(Nc2cnn(C3CN(C4COC4)CCC3(F)F)c2C)nc2[nH]ccc12. The second-order valence-corrected chi connectivity index (χ2v) is 15.9. The molecule has 0 amide bonds. The summed E-state index contributed by atoms with van der Waals surface area (Å²) in [6.07, 6.45) is 6.22. The van der Waals surface area contributed by atoms with Gasteiger partial charge in [0.2, 0.25) is 23.7 Å². The van der Waals surface area contributed by atoms with Crippen molar-refractivity contribution in [1.29, 1.82) is 0 Å². The smallest absolute Gasteiger partial charge is 0.272 e. The third-order valence-corrected chi connectivity index (χ3v) is 12.0. The number of hydrogen-bond acceptors (Lipinski definition) is 14. The second kappa shape index (κ2) is 16.9. The Hall–Kier alpha value is -5.58. The Labute approximate surface area is 353 Å². The molecule has 62 heavy (non-hydrogen) atoms. The zero-order chi connectivity index (χ0) is 43.2. The highest BCUT2D eigenvalue weighted by molar-refractivity contribution is 5.83. The predicted octanol–water partition coefficient (Wildman–Crippen LogP) is 5.77. The summed E-state index contributed by atoms with van der Waals surface area (Å²) in [6.45, 7) is 11.9. The highest BCUT2D eigenvalue weighted by Gasteiger charge is 2.49. The van der Waals surface area contributed by atoms with Gasteiger partial charge in [0.25, 0.3) is 11.8 Å². The van der Waals surface area contributed by atoms with Gasteiger partial charge < -0.3 is 39.5 Å². The Kier molecular flexibility index (Phi) is 11.4. The van der Waals surface area contributed by atoms with Crippen molar-refractivity contribution in [3.63, 3.8) is 0 Å². The van der Waals surface area contributed by atoms with E-state index >= 15 is 0 Å². The van der Waals surface area contributed by atoms with Gasteiger partial charge in [0.15, 0.2) is 0 Å². The lowest BCUT2D eigenvalue weighted by Crippen LogP contribution is -2.57. The first kappa shape index (κ1) is 41.8. The summed E-state index contributed by atoms with van der Waals surface area (Å²) >= 11 is 0. The molecule has 0 spiro atoms. The minimum absolute atomic E-state index is 0.194. The van der Waals surface area contributed by atoms with E-state index in [0.29, 0.717) is 110 Å². The van der Waals surface area contributed by atoms with Crippen molar-refractivity contribution in [3.8, 4) is 11.8 Å². The van der Waals surface area contributed by atoms with Gasteiger partial charge in [-0.25, -0.2) is 17.6 Å². The minimum Gasteiger partial charge on any atom is -0.477 e. The summed E-state index contributed by atoms with van der Waals surface area (Å²) in [5.74, 6) is -4.14. The molecule has 10 rings (SSSR count). The third kappa shape index (κ3) is 8.11. The number of aromatic amines is 2. The number of nitrogens with zero attached hydrogens (tertiary/aromatic N) is 10. The summed E-state index contributed by atoms with van der Waals surface area (Å²) in [6, 6.07) is 2.04. The van der Waals surface area contributed by atoms with E-state index in [-0.39, 0.29) is 38.0 Å². The van der Waals surface area contributed by atoms with Crippen LogP contribution in [0.1, 0.15) is 50.2 Å². The Morgan fingerprint density at radius 3 is 1.47 bits per heavy atom. The number of fused-ring (bicyclic) bond motifs is 2. The average molecular weight is 867 g/mol. The minimum atomic E-state index is -2.84. The fourth-order valence-electron chi connectivity index (χ4n) is 8.25. The molecule has 6 aromatic heterocycles. The lowest BCUT2D eigenvalue weighted by molar-refractivity contribution is -0.140. The number of piperidine rings is 2. The number of anilines is 4. The molecule has 0 saturated carbocycles. The number of ether oxygens (including phenoxy) is 4. The van der Waals surface area contributed by atoms with Gasteiger partial charge in [0.1, 0.15) is 23.4 Å². The van der Waals surface area contributed by atoms with Crippen molar-refractivity contribution in [3.05, 3.63) is 48.3 Å². The van der Waals surface area contributed by atoms with E-state index < -0.39 is 23.9 Å². The first-order chi connectivity index (χ1) is 29.9. The van der Waals surface area contributed by atoms with Crippen molar-refractivity contribution in [2.75, 3.05) is 76.5 Å². The first-order valence-electron chi connectivity index (χ1n) is 20.9. The quantitative estimate of drug-likeness (QED) is 0.109. The number of alkyl halides is 4. The molecule has 332 valence electrons. The van der Waals surface area contributed by atoms with Crippen LogP contribution in [0.2, 0.25) is 0 Å². The van der Waals surface area contributed by atoms with E-state index in [1.54, 1.807) is 38.6 Å². The first-order valence-corrected chi connectivity index (χ1v) is 20.9. The number of nitrogens with one attached hydrogen (secondary N) is 4. The maximum absolute atomic E-state index is 14.8. The maximum Gasteiger partial charge on any atom is 0.272 e. The molecular formula is C40H50F4N14O4. The second-order valence-electron chi connectivity index (χ2n) is 15.9. The van der Waals surface area contributed by atoms with E-state index in [2.05, 4.69) is 60.5 Å². The summed E-state index contributed by atoms with van der Waals surface area (Å²) in [7, 11) is 0. The molecule has 2 atom stereocenters. The van der Waals surface area contributed by atoms with E-state index in [1.807, 2.05) is 26.0 Å². The Bertz CT molecular complexity index is 2330. The van der Waals surface area contributed by atoms with Crippen LogP contribution in [0.25, 0.3) is 22.1 Å². The molecule has 6 aromatic rings. The van der Waals surface area contributed by atoms with E-state index in [4.69, 9.17) is 18.9 Å². The molecule has 0 aliphatic carbocycles. The number of rotatable bonds is 12. The fourth-order valence-corrected chi connectivity index (χ4v) is 8.25. The van der Waals surface area contributed by atoms with Crippen molar-refractivity contribution in [1.82, 2.24) is 59.3 Å². The van der Waals surface area contributed by atoms with Crippen molar-refractivity contribution in [2.24, 2.45) is 0 Å². The normalized spacial score (nSPS) is 21.9. The van der Waals surface area contributed by atoms with Gasteiger partial charge in [-0.3, -0.25) is 19.2 Å². The number of hydrogen-bond donors (Lipinski definition) is 4. The summed E-state index contributed by atoms with van der Waals surface area (Å²) in [5, 5.41) is 16.4. The number of halogens is 4. The highest BCUT2D eigenvalue weighted by atomic mass is 19.3. The molecule has 18 nitrogen and oxygen atoms in total. The topological polar surface area (TPSA) is 186 Å². The standard InChI is InChI=1S/2C20H25F2N7O2/c2*1-3-31-18-14-4-6-23-17(14)26-19(27-18)25-15-8-24-29(12(15)2)16-9-28(13-10-30-11-13)7-5-20(16,21)22/h2*4,6,8,13,16H,3,5,7,9-11H2,1-2H3,(H2,23,25,26,27). The van der Waals surface area contributed by atoms with Crippen molar-refractivity contribution < 1.29 is 36.5 Å². The monoisotopic (exact) mass is 866 g/mol. The molecule has 10 heterocycles. The lowest BCUT2D eigenvalue weighted by Gasteiger charge is -2.44. The van der Waals surface area contributed by atoms with Gasteiger partial charge in [-0.05, 0) is 39.8 Å². The van der Waals surface area contributed by atoms with E-state index in [0.717, 1.165) is 10.8 Å². The largest absolute Gasteiger partial charge is 0.477 e. The summed E-state index contributed by atoms with van der Waals surface area (Å²) < 4.78 is 83.8. The van der Waals surface area contributed by atoms with Gasteiger partial charge in [-0.1, -0.05) is 0 Å². The Morgan fingerprint density at radius 1 is 0.677 bits per heavy atom. The molecule has 4 N–H and O–H groups in total.